The van der Waals surface area contributed by atoms with Crippen LogP contribution in [-0.2, 0) is 19.1 Å². The van der Waals surface area contributed by atoms with Crippen LogP contribution < -0.4 is 10.2 Å². The molecule has 1 aliphatic heterocycles. The molecule has 2 aliphatic carbocycles. The van der Waals surface area contributed by atoms with Crippen molar-refractivity contribution in [2.75, 3.05) is 16.8 Å². The topological polar surface area (TPSA) is 92.8 Å². The second-order valence-electron chi connectivity index (χ2n) is 8.32. The predicted molar refractivity (Wildman–Crippen MR) is 122 cm³/mol. The van der Waals surface area contributed by atoms with Gasteiger partial charge in [-0.3, -0.25) is 14.4 Å². The molecular weight excluding hydrogens is 467 g/mol. The van der Waals surface area contributed by atoms with Crippen LogP contribution in [-0.4, -0.2) is 30.3 Å². The van der Waals surface area contributed by atoms with Gasteiger partial charge in [-0.1, -0.05) is 41.4 Å². The smallest absolute Gasteiger partial charge is 0.338 e. The molecule has 7 nitrogen and oxygen atoms in total. The fourth-order valence-corrected chi connectivity index (χ4v) is 5.21. The predicted octanol–water partition coefficient (Wildman–Crippen LogP) is 4.10. The summed E-state index contributed by atoms with van der Waals surface area (Å²) in [6, 6.07) is 10.7. The standard InChI is InChI=1S/C24H18Cl2N2O5/c25-17-7-6-15(10-18(17)26)27-19(29)11-33-24(32)14-2-1-3-16(9-14)28-22(30)20-12-4-5-13(8-12)21(20)23(28)31/h1-7,9-10,12-13,20-21H,8,11H2,(H,27,29)/t12-,13-,20-,21+/m0/s1. The first-order chi connectivity index (χ1) is 15.8. The average molecular weight is 485 g/mol. The molecule has 2 aromatic carbocycles. The van der Waals surface area contributed by atoms with Gasteiger partial charge in [-0.2, -0.15) is 0 Å². The van der Waals surface area contributed by atoms with Crippen LogP contribution in [0.15, 0.2) is 54.6 Å². The number of esters is 1. The molecule has 3 amide bonds. The van der Waals surface area contributed by atoms with Crippen LogP contribution in [0.1, 0.15) is 16.8 Å². The highest BCUT2D eigenvalue weighted by Crippen LogP contribution is 2.53. The van der Waals surface area contributed by atoms with Crippen molar-refractivity contribution < 1.29 is 23.9 Å². The van der Waals surface area contributed by atoms with Gasteiger partial charge in [0, 0.05) is 5.69 Å². The molecule has 1 N–H and O–H groups in total. The van der Waals surface area contributed by atoms with E-state index in [0.29, 0.717) is 16.4 Å². The Kier molecular flexibility index (Phi) is 5.46. The lowest BCUT2D eigenvalue weighted by Crippen LogP contribution is -2.33. The van der Waals surface area contributed by atoms with Crippen molar-refractivity contribution in [2.24, 2.45) is 23.7 Å². The highest BCUT2D eigenvalue weighted by atomic mass is 35.5. The second kappa shape index (κ2) is 8.32. The number of rotatable bonds is 5. The van der Waals surface area contributed by atoms with Gasteiger partial charge in [0.2, 0.25) is 11.8 Å². The van der Waals surface area contributed by atoms with Gasteiger partial charge in [-0.05, 0) is 54.7 Å². The summed E-state index contributed by atoms with van der Waals surface area (Å²) >= 11 is 11.8. The zero-order chi connectivity index (χ0) is 23.3. The largest absolute Gasteiger partial charge is 0.452 e. The number of allylic oxidation sites excluding steroid dienone is 2. The molecular formula is C24H18Cl2N2O5. The number of carbonyl (C=O) groups excluding carboxylic acids is 4. The lowest BCUT2D eigenvalue weighted by atomic mass is 9.85. The van der Waals surface area contributed by atoms with Gasteiger partial charge in [0.25, 0.3) is 5.91 Å². The SMILES string of the molecule is O=C(COC(=O)c1cccc(N2C(=O)[C@@H]3[C@H](C2=O)[C@H]2C=C[C@H]3C2)c1)Nc1ccc(Cl)c(Cl)c1. The quantitative estimate of drug-likeness (QED) is 0.391. The Morgan fingerprint density at radius 1 is 0.970 bits per heavy atom. The third-order valence-electron chi connectivity index (χ3n) is 6.35. The number of amides is 3. The Morgan fingerprint density at radius 3 is 2.33 bits per heavy atom. The number of halogens is 2. The normalized spacial score (nSPS) is 24.8. The second-order valence-corrected chi connectivity index (χ2v) is 9.13. The first kappa shape index (κ1) is 21.7. The van der Waals surface area contributed by atoms with Crippen LogP contribution >= 0.6 is 23.2 Å². The molecule has 2 fully saturated rings. The Morgan fingerprint density at radius 2 is 1.67 bits per heavy atom. The maximum atomic E-state index is 13.0. The van der Waals surface area contributed by atoms with Gasteiger partial charge in [0.05, 0.1) is 33.1 Å². The highest BCUT2D eigenvalue weighted by Gasteiger charge is 2.59. The monoisotopic (exact) mass is 484 g/mol. The summed E-state index contributed by atoms with van der Waals surface area (Å²) in [7, 11) is 0. The maximum Gasteiger partial charge on any atom is 0.338 e. The summed E-state index contributed by atoms with van der Waals surface area (Å²) in [4.78, 5) is 51.8. The zero-order valence-corrected chi connectivity index (χ0v) is 18.7. The molecule has 2 aromatic rings. The van der Waals surface area contributed by atoms with E-state index in [9.17, 15) is 19.2 Å². The van der Waals surface area contributed by atoms with Crippen molar-refractivity contribution >= 4 is 58.3 Å². The molecule has 1 saturated carbocycles. The fourth-order valence-electron chi connectivity index (χ4n) is 4.91. The number of carbonyl (C=O) groups is 4. The lowest BCUT2D eigenvalue weighted by molar-refractivity contribution is -0.123. The van der Waals surface area contributed by atoms with Gasteiger partial charge in [0.15, 0.2) is 6.61 Å². The summed E-state index contributed by atoms with van der Waals surface area (Å²) in [5.41, 5.74) is 0.870. The van der Waals surface area contributed by atoms with Crippen LogP contribution in [0.3, 0.4) is 0 Å². The minimum Gasteiger partial charge on any atom is -0.452 e. The van der Waals surface area contributed by atoms with E-state index in [1.807, 2.05) is 12.2 Å². The highest BCUT2D eigenvalue weighted by molar-refractivity contribution is 6.42. The lowest BCUT2D eigenvalue weighted by Gasteiger charge is -2.18. The van der Waals surface area contributed by atoms with Crippen LogP contribution in [0.4, 0.5) is 11.4 Å². The molecule has 3 aliphatic rings. The summed E-state index contributed by atoms with van der Waals surface area (Å²) < 4.78 is 5.10. The number of hydrogen-bond acceptors (Lipinski definition) is 5. The zero-order valence-electron chi connectivity index (χ0n) is 17.2. The van der Waals surface area contributed by atoms with E-state index >= 15 is 0 Å². The maximum absolute atomic E-state index is 13.0. The minimum absolute atomic E-state index is 0.101. The summed E-state index contributed by atoms with van der Waals surface area (Å²) in [6.45, 7) is -0.524. The molecule has 1 saturated heterocycles. The molecule has 0 aromatic heterocycles. The number of anilines is 2. The van der Waals surface area contributed by atoms with E-state index in [0.717, 1.165) is 6.42 Å². The van der Waals surface area contributed by atoms with E-state index in [-0.39, 0.29) is 46.1 Å². The van der Waals surface area contributed by atoms with E-state index in [4.69, 9.17) is 27.9 Å². The van der Waals surface area contributed by atoms with Gasteiger partial charge in [0.1, 0.15) is 0 Å². The Balaban J connectivity index is 1.24. The van der Waals surface area contributed by atoms with Gasteiger partial charge in [-0.15, -0.1) is 0 Å². The Labute approximate surface area is 199 Å². The molecule has 4 atom stereocenters. The first-order valence-corrected chi connectivity index (χ1v) is 11.2. The molecule has 2 bridgehead atoms. The van der Waals surface area contributed by atoms with Crippen LogP contribution in [0.2, 0.25) is 10.0 Å². The minimum atomic E-state index is -0.748. The summed E-state index contributed by atoms with van der Waals surface area (Å²) in [6.07, 6.45) is 4.89. The van der Waals surface area contributed by atoms with Crippen molar-refractivity contribution in [3.63, 3.8) is 0 Å². The third kappa shape index (κ3) is 3.81. The van der Waals surface area contributed by atoms with Crippen molar-refractivity contribution in [1.29, 1.82) is 0 Å². The van der Waals surface area contributed by atoms with Crippen molar-refractivity contribution in [1.82, 2.24) is 0 Å². The van der Waals surface area contributed by atoms with E-state index in [2.05, 4.69) is 5.32 Å². The molecule has 0 radical (unpaired) electrons. The van der Waals surface area contributed by atoms with Crippen molar-refractivity contribution in [3.05, 3.63) is 70.2 Å². The fraction of sp³-hybridized carbons (Fsp3) is 0.250. The van der Waals surface area contributed by atoms with Gasteiger partial charge < -0.3 is 10.1 Å². The van der Waals surface area contributed by atoms with Gasteiger partial charge in [-0.25, -0.2) is 9.69 Å². The van der Waals surface area contributed by atoms with E-state index < -0.39 is 18.5 Å². The molecule has 33 heavy (non-hydrogen) atoms. The van der Waals surface area contributed by atoms with E-state index in [1.165, 1.54) is 29.2 Å². The molecule has 1 heterocycles. The number of nitrogens with one attached hydrogen (secondary N) is 1. The molecule has 168 valence electrons. The number of ether oxygens (including phenoxy) is 1. The molecule has 0 spiro atoms. The molecule has 5 rings (SSSR count). The first-order valence-electron chi connectivity index (χ1n) is 10.4. The van der Waals surface area contributed by atoms with Crippen LogP contribution in [0, 0.1) is 23.7 Å². The summed E-state index contributed by atoms with van der Waals surface area (Å²) in [5, 5.41) is 3.19. The Hall–Kier alpha value is -3.16. The number of benzene rings is 2. The third-order valence-corrected chi connectivity index (χ3v) is 7.09. The number of fused-ring (bicyclic) bond motifs is 5. The van der Waals surface area contributed by atoms with E-state index in [1.54, 1.807) is 18.2 Å². The molecule has 9 heteroatoms. The van der Waals surface area contributed by atoms with Gasteiger partial charge >= 0.3 is 5.97 Å². The number of imide groups is 1. The number of nitrogens with zero attached hydrogens (tertiary/aromatic N) is 1. The molecule has 0 unspecified atom stereocenters. The van der Waals surface area contributed by atoms with Crippen molar-refractivity contribution in [3.8, 4) is 0 Å². The summed E-state index contributed by atoms with van der Waals surface area (Å²) in [5.74, 6) is -2.21. The van der Waals surface area contributed by atoms with Crippen LogP contribution in [0.5, 0.6) is 0 Å². The average Bonchev–Trinajstić information content (AvgIpc) is 3.48. The van der Waals surface area contributed by atoms with Crippen molar-refractivity contribution in [2.45, 2.75) is 6.42 Å². The Bertz CT molecular complexity index is 1200. The number of hydrogen-bond donors (Lipinski definition) is 1. The van der Waals surface area contributed by atoms with Crippen LogP contribution in [0.25, 0.3) is 0 Å².